The van der Waals surface area contributed by atoms with Gasteiger partial charge in [-0.15, -0.1) is 0 Å². The third-order valence-corrected chi connectivity index (χ3v) is 11.2. The highest BCUT2D eigenvalue weighted by atomic mass is 19.4. The third-order valence-electron chi connectivity index (χ3n) is 11.2. The predicted molar refractivity (Wildman–Crippen MR) is 214 cm³/mol. The maximum Gasteiger partial charge on any atom is 0.491 e. The number of carbonyl (C=O) groups excluding carboxylic acids is 3. The molecule has 4 aromatic carbocycles. The number of piperidine rings is 2. The average Bonchev–Trinajstić information content (AvgIpc) is 3.23. The van der Waals surface area contributed by atoms with E-state index < -0.39 is 12.1 Å². The van der Waals surface area contributed by atoms with Gasteiger partial charge in [-0.2, -0.15) is 13.2 Å². The minimum absolute atomic E-state index is 0.0583. The second-order valence-electron chi connectivity index (χ2n) is 15.3. The summed E-state index contributed by atoms with van der Waals surface area (Å²) in [7, 11) is 1.58. The van der Waals surface area contributed by atoms with Crippen molar-refractivity contribution in [1.29, 1.82) is 0 Å². The van der Waals surface area contributed by atoms with E-state index in [0.29, 0.717) is 36.7 Å². The fourth-order valence-corrected chi connectivity index (χ4v) is 7.85. The summed E-state index contributed by atoms with van der Waals surface area (Å²) in [6.45, 7) is 4.51. The summed E-state index contributed by atoms with van der Waals surface area (Å²) in [6, 6.07) is 28.8. The first-order valence-corrected chi connectivity index (χ1v) is 20.0. The number of hydrogen-bond acceptors (Lipinski definition) is 6. The van der Waals surface area contributed by atoms with Crippen molar-refractivity contribution in [2.24, 2.45) is 11.8 Å². The van der Waals surface area contributed by atoms with E-state index in [9.17, 15) is 27.6 Å². The molecule has 2 amide bonds. The maximum absolute atomic E-state index is 13.8. The van der Waals surface area contributed by atoms with Gasteiger partial charge in [0, 0.05) is 31.7 Å². The number of halogens is 3. The molecule has 2 heterocycles. The number of hydrogen-bond donors (Lipinski definition) is 1. The minimum atomic E-state index is -5.09. The molecule has 0 radical (unpaired) electrons. The molecule has 57 heavy (non-hydrogen) atoms. The van der Waals surface area contributed by atoms with Gasteiger partial charge < -0.3 is 24.6 Å². The summed E-state index contributed by atoms with van der Waals surface area (Å²) in [4.78, 5) is 42.5. The molecule has 2 saturated heterocycles. The Morgan fingerprint density at radius 3 is 2.04 bits per heavy atom. The Bertz CT molecular complexity index is 1940. The Kier molecular flexibility index (Phi) is 14.4. The van der Waals surface area contributed by atoms with Crippen LogP contribution in [-0.2, 0) is 29.0 Å². The molecule has 6 rings (SSSR count). The lowest BCUT2D eigenvalue weighted by Crippen LogP contribution is -2.38. The first-order chi connectivity index (χ1) is 27.5. The fraction of sp³-hybridized carbons (Fsp3) is 0.413. The van der Waals surface area contributed by atoms with Crippen LogP contribution in [0.5, 0.6) is 11.5 Å². The molecule has 0 aliphatic carbocycles. The number of carbonyl (C=O) groups is 3. The van der Waals surface area contributed by atoms with Crippen molar-refractivity contribution < 1.29 is 37.0 Å². The molecule has 0 aromatic heterocycles. The molecule has 0 saturated carbocycles. The molecule has 8 nitrogen and oxygen atoms in total. The van der Waals surface area contributed by atoms with Crippen LogP contribution >= 0.6 is 0 Å². The molecule has 0 spiro atoms. The van der Waals surface area contributed by atoms with Crippen LogP contribution in [0.3, 0.4) is 0 Å². The summed E-state index contributed by atoms with van der Waals surface area (Å²) >= 11 is 0. The normalized spacial score (nSPS) is 15.3. The lowest BCUT2D eigenvalue weighted by molar-refractivity contribution is -0.189. The van der Waals surface area contributed by atoms with E-state index >= 15 is 0 Å². The minimum Gasteiger partial charge on any atom is -0.497 e. The molecule has 0 bridgehead atoms. The largest absolute Gasteiger partial charge is 0.497 e. The number of nitrogens with zero attached hydrogens (tertiary/aromatic N) is 2. The van der Waals surface area contributed by atoms with Crippen molar-refractivity contribution >= 4 is 17.8 Å². The highest BCUT2D eigenvalue weighted by Gasteiger charge is 2.41. The summed E-state index contributed by atoms with van der Waals surface area (Å²) in [6.07, 6.45) is 4.03. The van der Waals surface area contributed by atoms with Crippen LogP contribution in [0.2, 0.25) is 0 Å². The van der Waals surface area contributed by atoms with Gasteiger partial charge in [0.15, 0.2) is 0 Å². The van der Waals surface area contributed by atoms with Gasteiger partial charge in [0.05, 0.1) is 13.5 Å². The zero-order chi connectivity index (χ0) is 40.2. The highest BCUT2D eigenvalue weighted by Crippen LogP contribution is 2.29. The molecule has 2 aliphatic heterocycles. The molecule has 4 aromatic rings. The van der Waals surface area contributed by atoms with Crippen molar-refractivity contribution in [1.82, 2.24) is 15.1 Å². The number of likely N-dealkylation sites (tertiary alicyclic amines) is 1. The lowest BCUT2D eigenvalue weighted by atomic mass is 9.87. The van der Waals surface area contributed by atoms with E-state index in [1.165, 1.54) is 44.2 Å². The van der Waals surface area contributed by atoms with E-state index in [4.69, 9.17) is 4.74 Å². The van der Waals surface area contributed by atoms with E-state index in [1.807, 2.05) is 77.7 Å². The van der Waals surface area contributed by atoms with Crippen LogP contribution in [0.15, 0.2) is 97.1 Å². The van der Waals surface area contributed by atoms with Gasteiger partial charge in [-0.1, -0.05) is 73.9 Å². The zero-order valence-corrected chi connectivity index (χ0v) is 32.6. The molecular formula is C46H52F3N3O5. The molecular weight excluding hydrogens is 732 g/mol. The number of ether oxygens (including phenoxy) is 2. The van der Waals surface area contributed by atoms with Gasteiger partial charge in [-0.25, -0.2) is 4.79 Å². The van der Waals surface area contributed by atoms with Gasteiger partial charge in [0.1, 0.15) is 11.5 Å². The first-order valence-electron chi connectivity index (χ1n) is 20.0. The van der Waals surface area contributed by atoms with Crippen LogP contribution in [0.1, 0.15) is 72.0 Å². The Morgan fingerprint density at radius 2 is 1.37 bits per heavy atom. The second kappa shape index (κ2) is 19.8. The molecule has 0 atom stereocenters. The lowest BCUT2D eigenvalue weighted by Gasteiger charge is -2.32. The smallest absolute Gasteiger partial charge is 0.491 e. The Hall–Kier alpha value is -5.16. The highest BCUT2D eigenvalue weighted by molar-refractivity contribution is 5.95. The molecule has 0 unspecified atom stereocenters. The van der Waals surface area contributed by atoms with E-state index in [0.717, 1.165) is 72.8 Å². The maximum atomic E-state index is 13.8. The summed E-state index contributed by atoms with van der Waals surface area (Å²) in [5.74, 6) is -0.300. The molecule has 11 heteroatoms. The summed E-state index contributed by atoms with van der Waals surface area (Å²) in [5.41, 5.74) is 5.01. The zero-order valence-electron chi connectivity index (χ0n) is 32.6. The van der Waals surface area contributed by atoms with Crippen LogP contribution < -0.4 is 14.8 Å². The van der Waals surface area contributed by atoms with Gasteiger partial charge in [-0.05, 0) is 127 Å². The van der Waals surface area contributed by atoms with Gasteiger partial charge in [0.25, 0.3) is 5.91 Å². The van der Waals surface area contributed by atoms with Gasteiger partial charge >= 0.3 is 12.1 Å². The van der Waals surface area contributed by atoms with Crippen molar-refractivity contribution in [2.45, 2.75) is 70.5 Å². The number of amides is 2. The van der Waals surface area contributed by atoms with Crippen molar-refractivity contribution in [3.8, 4) is 22.6 Å². The number of methoxy groups -OCH3 is 1. The van der Waals surface area contributed by atoms with Gasteiger partial charge in [-0.3, -0.25) is 9.59 Å². The quantitative estimate of drug-likeness (QED) is 0.0960. The Labute approximate surface area is 333 Å². The molecule has 1 N–H and O–H groups in total. The van der Waals surface area contributed by atoms with Crippen molar-refractivity contribution in [2.75, 3.05) is 39.8 Å². The van der Waals surface area contributed by atoms with E-state index in [1.54, 1.807) is 24.1 Å². The van der Waals surface area contributed by atoms with Crippen LogP contribution in [0.25, 0.3) is 11.1 Å². The third kappa shape index (κ3) is 12.2. The molecule has 2 aliphatic rings. The Morgan fingerprint density at radius 1 is 0.754 bits per heavy atom. The number of rotatable bonds is 15. The number of alkyl halides is 3. The van der Waals surface area contributed by atoms with E-state index in [-0.39, 0.29) is 24.0 Å². The average molecular weight is 784 g/mol. The van der Waals surface area contributed by atoms with Crippen LogP contribution in [-0.4, -0.2) is 73.6 Å². The van der Waals surface area contributed by atoms with Crippen LogP contribution in [0, 0.1) is 11.8 Å². The SMILES string of the molecule is COc1ccc(CC(=O)N(CCc2ccc(OC(=O)C(F)(F)F)cc2)Cc2cccc(-c3cccc(C(=O)N4CCC(CCCC5CCNCC5)CC4)c3)c2)cc1. The second-order valence-corrected chi connectivity index (χ2v) is 15.3. The Balaban J connectivity index is 1.09. The fourth-order valence-electron chi connectivity index (χ4n) is 7.85. The number of esters is 1. The number of nitrogens with one attached hydrogen (secondary N) is 1. The van der Waals surface area contributed by atoms with Crippen molar-refractivity contribution in [3.63, 3.8) is 0 Å². The monoisotopic (exact) mass is 783 g/mol. The van der Waals surface area contributed by atoms with Crippen LogP contribution in [0.4, 0.5) is 13.2 Å². The van der Waals surface area contributed by atoms with Gasteiger partial charge in [0.2, 0.25) is 5.91 Å². The first kappa shape index (κ1) is 41.5. The van der Waals surface area contributed by atoms with Crippen molar-refractivity contribution in [3.05, 3.63) is 119 Å². The standard InChI is InChI=1S/C46H52F3N3O5/c1-56-41-15-13-36(14-16-41)30-43(53)52(28-23-35-11-17-42(18-12-35)57-45(55)46(47,48)49)32-37-7-3-8-38(29-37)39-9-4-10-40(31-39)44(54)51-26-21-34(22-27-51)6-2-5-33-19-24-50-25-20-33/h3-4,7-18,29,31,33-34,50H,2,5-6,19-28,30,32H2,1H3. The summed E-state index contributed by atoms with van der Waals surface area (Å²) in [5, 5.41) is 3.45. The van der Waals surface area contributed by atoms with E-state index in [2.05, 4.69) is 10.1 Å². The number of benzene rings is 4. The predicted octanol–water partition coefficient (Wildman–Crippen LogP) is 8.67. The summed E-state index contributed by atoms with van der Waals surface area (Å²) < 4.78 is 47.7. The molecule has 302 valence electrons. The topological polar surface area (TPSA) is 88.2 Å². The molecule has 2 fully saturated rings.